The molecule has 27 unspecified atom stereocenters. The molecule has 9 aliphatic carbocycles. The van der Waals surface area contributed by atoms with Gasteiger partial charge < -0.3 is 0 Å². The Morgan fingerprint density at radius 3 is 0.710 bits per heavy atom. The van der Waals surface area contributed by atoms with Crippen molar-refractivity contribution in [1.82, 2.24) is 0 Å². The first-order valence-corrected chi connectivity index (χ1v) is 41.1. The van der Waals surface area contributed by atoms with Crippen LogP contribution in [-0.4, -0.2) is 152 Å². The molecule has 0 spiro atoms. The van der Waals surface area contributed by atoms with Gasteiger partial charge in [-0.1, -0.05) is 145 Å². The highest BCUT2D eigenvalue weighted by molar-refractivity contribution is 5.21. The van der Waals surface area contributed by atoms with Crippen LogP contribution in [0.2, 0.25) is 0 Å². The van der Waals surface area contributed by atoms with Crippen molar-refractivity contribution in [3.05, 3.63) is 0 Å². The van der Waals surface area contributed by atoms with E-state index in [1.165, 1.54) is 48.5 Å². The molecule has 0 heterocycles. The van der Waals surface area contributed by atoms with Gasteiger partial charge in [-0.2, -0.15) is 162 Å². The average Bonchev–Trinajstić information content (AvgIpc) is 1.39. The minimum Gasteiger partial charge on any atom is -0.247 e. The first kappa shape index (κ1) is 128. The maximum atomic E-state index is 13.2. The van der Waals surface area contributed by atoms with Gasteiger partial charge in [-0.15, -0.1) is 0 Å². The SMILES string of the molecule is C.CC1C(C(F)(F)F)C(C(F)(F)F)C(C)[C@@H](C)C1C(F)(F)F.CC1C(C(F)(F)F)C(C)[C@@H](C)C1C(F)(F)F.CC1C(F)C(F)C(F)[C@@H](C)C1F.CC1C(F)C(F)[C@@H](C)C1F.CC1CC(C(F)(F)F)C[C@@H](C)C1.CC1CCCC(C(F)(F)F)[C@@H]1C.CC1C[C@H](C)CC(C(F)(F)F)C1C(F)(F)F.C[C@H]1C(F)(F)C(C)(F)C(F)(F)C(F)(F)C1(F)F.C[C@H]1C(F)(F)C(C)(F)C(F)(F)C1(F)F. The van der Waals surface area contributed by atoms with Crippen molar-refractivity contribution < 1.29 is 220 Å². The molecule has 0 nitrogen and oxygen atoms in total. The minimum absolute atomic E-state index is 0. The van der Waals surface area contributed by atoms with Crippen LogP contribution in [0.5, 0.6) is 0 Å². The smallest absolute Gasteiger partial charge is 0.247 e. The zero-order valence-electron chi connectivity index (χ0n) is 73.2. The van der Waals surface area contributed by atoms with Crippen LogP contribution in [0, 0.1) is 160 Å². The van der Waals surface area contributed by atoms with Gasteiger partial charge in [0.05, 0.1) is 65.1 Å². The molecule has 0 saturated heterocycles. The summed E-state index contributed by atoms with van der Waals surface area (Å²) in [6.07, 6.45) is -51.0. The fraction of sp³-hybridized carbons (Fsp3) is 1.00. The molecule has 9 fully saturated rings. The number of hydrogen-bond acceptors (Lipinski definition) is 0. The second-order valence-corrected chi connectivity index (χ2v) is 37.5. The Morgan fingerprint density at radius 1 is 0.206 bits per heavy atom. The molecule has 0 aromatic rings. The third-order valence-electron chi connectivity index (χ3n) is 28.3. The van der Waals surface area contributed by atoms with Crippen LogP contribution in [0.25, 0.3) is 0 Å². The number of hydrogen-bond donors (Lipinski definition) is 0. The molecule has 9 rings (SSSR count). The van der Waals surface area contributed by atoms with Gasteiger partial charge in [-0.3, -0.25) is 0 Å². The van der Waals surface area contributed by atoms with Crippen LogP contribution >= 0.6 is 0 Å². The summed E-state index contributed by atoms with van der Waals surface area (Å²) in [5.74, 6) is -76.9. The highest BCUT2D eigenvalue weighted by Crippen LogP contribution is 2.69. The van der Waals surface area contributed by atoms with E-state index in [0.717, 1.165) is 40.0 Å². The van der Waals surface area contributed by atoms with Crippen LogP contribution in [0.15, 0.2) is 0 Å². The van der Waals surface area contributed by atoms with E-state index in [1.54, 1.807) is 13.8 Å². The normalized spacial score (nSPS) is 42.5. The fourth-order valence-electron chi connectivity index (χ4n) is 19.7. The predicted octanol–water partition coefficient (Wildman–Crippen LogP) is 34.1. The monoisotopic (exact) mass is 2040 g/mol. The highest BCUT2D eigenvalue weighted by atomic mass is 19.5. The van der Waals surface area contributed by atoms with E-state index in [0.29, 0.717) is 26.2 Å². The molecule has 0 radical (unpaired) electrons. The van der Waals surface area contributed by atoms with E-state index in [2.05, 4.69) is 0 Å². The largest absolute Gasteiger partial charge is 0.392 e. The topological polar surface area (TPSA) is 0 Å². The summed E-state index contributed by atoms with van der Waals surface area (Å²) in [5.41, 5.74) is -9.59. The molecule has 0 N–H and O–H groups in total. The summed E-state index contributed by atoms with van der Waals surface area (Å²) in [6, 6.07) is 0. The van der Waals surface area contributed by atoms with Crippen LogP contribution in [-0.2, 0) is 0 Å². The van der Waals surface area contributed by atoms with Crippen LogP contribution in [0.1, 0.15) is 197 Å². The highest BCUT2D eigenvalue weighted by Gasteiger charge is 2.92. The Morgan fingerprint density at radius 2 is 0.458 bits per heavy atom. The van der Waals surface area contributed by atoms with Crippen molar-refractivity contribution in [3.8, 4) is 0 Å². The van der Waals surface area contributed by atoms with E-state index in [9.17, 15) is 220 Å². The molecule has 131 heavy (non-hydrogen) atoms. The first-order valence-electron chi connectivity index (χ1n) is 41.1. The summed E-state index contributed by atoms with van der Waals surface area (Å²) in [5, 5.41) is 0. The van der Waals surface area contributed by atoms with E-state index in [1.807, 2.05) is 20.8 Å². The summed E-state index contributed by atoms with van der Waals surface area (Å²) in [7, 11) is 0. The second kappa shape index (κ2) is 43.3. The van der Waals surface area contributed by atoms with Gasteiger partial charge in [-0.25, -0.2) is 57.1 Å². The molecule has 9 aliphatic rings. The molecule has 0 aromatic heterocycles. The molecular weight excluding hydrogens is 1920 g/mol. The Labute approximate surface area is 726 Å². The lowest BCUT2D eigenvalue weighted by Gasteiger charge is -2.51. The van der Waals surface area contributed by atoms with Crippen molar-refractivity contribution in [2.24, 2.45) is 160 Å². The van der Waals surface area contributed by atoms with Crippen molar-refractivity contribution in [2.75, 3.05) is 0 Å². The van der Waals surface area contributed by atoms with Gasteiger partial charge in [0.2, 0.25) is 11.3 Å². The van der Waals surface area contributed by atoms with E-state index < -0.39 is 295 Å². The zero-order chi connectivity index (χ0) is 104. The summed E-state index contributed by atoms with van der Waals surface area (Å²) < 4.78 is 636. The quantitative estimate of drug-likeness (QED) is 0.212. The van der Waals surface area contributed by atoms with Crippen molar-refractivity contribution in [1.29, 1.82) is 0 Å². The summed E-state index contributed by atoms with van der Waals surface area (Å²) in [6.45, 7) is 21.0. The lowest BCUT2D eigenvalue weighted by molar-refractivity contribution is -0.431. The van der Waals surface area contributed by atoms with Gasteiger partial charge in [0.1, 0.15) is 37.0 Å². The predicted molar refractivity (Wildman–Crippen MR) is 382 cm³/mol. The third kappa shape index (κ3) is 27.4. The Balaban J connectivity index is 0.00000146. The second-order valence-electron chi connectivity index (χ2n) is 37.5. The van der Waals surface area contributed by atoms with Crippen LogP contribution in [0.3, 0.4) is 0 Å². The molecule has 788 valence electrons. The van der Waals surface area contributed by atoms with E-state index in [4.69, 9.17) is 0 Å². The summed E-state index contributed by atoms with van der Waals surface area (Å²) >= 11 is 0. The molecule has 9 saturated carbocycles. The van der Waals surface area contributed by atoms with Gasteiger partial charge in [0.25, 0.3) is 11.8 Å². The maximum absolute atomic E-state index is 13.2. The minimum atomic E-state index is -6.19. The van der Waals surface area contributed by atoms with Crippen molar-refractivity contribution >= 4 is 0 Å². The molecular formula is C81H114F50. The molecule has 0 aromatic carbocycles. The molecule has 0 aliphatic heterocycles. The van der Waals surface area contributed by atoms with Crippen molar-refractivity contribution in [2.45, 2.75) is 349 Å². The summed E-state index contributed by atoms with van der Waals surface area (Å²) in [4.78, 5) is 0. The average molecular weight is 2040 g/mol. The number of rotatable bonds is 0. The maximum Gasteiger partial charge on any atom is 0.392 e. The lowest BCUT2D eigenvalue weighted by Crippen LogP contribution is -2.77. The van der Waals surface area contributed by atoms with E-state index >= 15 is 0 Å². The number of halogens is 50. The van der Waals surface area contributed by atoms with E-state index in [-0.39, 0.29) is 64.2 Å². The molecule has 50 heteroatoms. The standard InChI is InChI=1S/C12H15F9.2C10H14F6.2C9H15F3.C8H7F9.C8H12F4.C7H7F7.C7H11F3.CH4/c1-4-5(2)8(11(16,17)18)9(12(19,20)21)6(3)7(4)10(13,14)15;1-5-3-6(2)8(10(14,15)16)7(4-5)9(11,12)13;1-4-5(2)8(10(14,15)16)6(3)7(4)9(11,12)13;1-6-3-7(2)5-8(4-6)9(10,11)12;1-6-4-3-5-8(7(6)2)9(10,11)12;1-3-5(10,11)4(2,9)7(14,15)8(16,17)6(3,12)13;1-3-5(9)4(2)7(11)8(12)6(3)10;1-3-5(9,10)4(2,8)7(13,14)6(3,11)12;1-3-5(8)4(2)7(10)6(3)9;/h4-9H,1-3H3;5-8H,3-4H2,1-2H3;4-8H,1-3H3;2*6-8H,3-5H2,1-2H3;3H,1-2H3;3-8H,1-2H3;3H,1-2H3;3-7H,1-2H3;1H4/t4-,5?,6?,7?,8?,9?;5-,6?,7?,8?;4-,5?,6?,7?,8?;6-,7?,8?;6?,7-,8?;3-,4?;3-,4?,5?,6?,7?,8?;3-,4?;3-,4?,5?,6?,7?;/m101010000./s1. The molecule has 0 amide bonds. The van der Waals surface area contributed by atoms with Crippen molar-refractivity contribution in [3.63, 3.8) is 0 Å². The van der Waals surface area contributed by atoms with Gasteiger partial charge >= 0.3 is 85.2 Å². The lowest BCUT2D eigenvalue weighted by atomic mass is 9.57. The Kier molecular flexibility index (Phi) is 42.1. The molecule has 0 bridgehead atoms. The van der Waals surface area contributed by atoms with Gasteiger partial charge in [0.15, 0.2) is 6.17 Å². The number of alkyl halides is 50. The van der Waals surface area contributed by atoms with Gasteiger partial charge in [-0.05, 0) is 123 Å². The van der Waals surface area contributed by atoms with Gasteiger partial charge in [0, 0.05) is 23.7 Å². The zero-order valence-corrected chi connectivity index (χ0v) is 73.2. The fourth-order valence-corrected chi connectivity index (χ4v) is 19.7. The Hall–Kier alpha value is -3.50. The molecule has 36 atom stereocenters. The van der Waals surface area contributed by atoms with Crippen LogP contribution < -0.4 is 0 Å². The Bertz CT molecular complexity index is 3200. The third-order valence-corrected chi connectivity index (χ3v) is 28.3. The first-order chi connectivity index (χ1) is 57.0. The van der Waals surface area contributed by atoms with Crippen LogP contribution in [0.4, 0.5) is 220 Å².